The lowest BCUT2D eigenvalue weighted by atomic mass is 10.2. The van der Waals surface area contributed by atoms with Crippen LogP contribution in [0.15, 0.2) is 45.8 Å². The number of fused-ring (bicyclic) bond motifs is 1. The van der Waals surface area contributed by atoms with Crippen LogP contribution in [0.4, 0.5) is 0 Å². The van der Waals surface area contributed by atoms with Crippen LogP contribution in [0.25, 0.3) is 22.6 Å². The molecule has 0 aliphatic heterocycles. The van der Waals surface area contributed by atoms with Gasteiger partial charge in [0.1, 0.15) is 17.6 Å². The van der Waals surface area contributed by atoms with Crippen LogP contribution in [0.5, 0.6) is 5.75 Å². The fraction of sp³-hybridized carbons (Fsp3) is 0.0625. The van der Waals surface area contributed by atoms with Crippen LogP contribution >= 0.6 is 0 Å². The number of hydrogen-bond acceptors (Lipinski definition) is 5. The van der Waals surface area contributed by atoms with Crippen molar-refractivity contribution in [2.45, 2.75) is 0 Å². The van der Waals surface area contributed by atoms with Crippen molar-refractivity contribution in [1.82, 2.24) is 9.97 Å². The average molecular weight is 293 g/mol. The minimum absolute atomic E-state index is 0.196. The van der Waals surface area contributed by atoms with E-state index in [0.29, 0.717) is 22.4 Å². The predicted molar refractivity (Wildman–Crippen MR) is 81.1 cm³/mol. The van der Waals surface area contributed by atoms with E-state index in [9.17, 15) is 10.1 Å². The van der Waals surface area contributed by atoms with Crippen molar-refractivity contribution in [2.24, 2.45) is 0 Å². The number of nitrogens with zero attached hydrogens (tertiary/aromatic N) is 2. The molecule has 0 saturated carbocycles. The lowest BCUT2D eigenvalue weighted by Gasteiger charge is -2.03. The molecule has 6 heteroatoms. The van der Waals surface area contributed by atoms with E-state index < -0.39 is 0 Å². The Balaban J connectivity index is 2.16. The highest BCUT2D eigenvalue weighted by atomic mass is 16.5. The van der Waals surface area contributed by atoms with E-state index in [1.165, 1.54) is 19.4 Å². The molecule has 0 atom stereocenters. The van der Waals surface area contributed by atoms with Crippen LogP contribution in [0, 0.1) is 11.3 Å². The molecule has 0 fully saturated rings. The van der Waals surface area contributed by atoms with Gasteiger partial charge < -0.3 is 14.1 Å². The molecular formula is C16H11N3O3. The van der Waals surface area contributed by atoms with Gasteiger partial charge in [-0.1, -0.05) is 0 Å². The van der Waals surface area contributed by atoms with Crippen LogP contribution in [-0.2, 0) is 0 Å². The van der Waals surface area contributed by atoms with Crippen molar-refractivity contribution in [3.63, 3.8) is 0 Å². The quantitative estimate of drug-likeness (QED) is 0.749. The summed E-state index contributed by atoms with van der Waals surface area (Å²) in [5, 5.41) is 9.68. The first-order valence-corrected chi connectivity index (χ1v) is 6.45. The second-order valence-electron chi connectivity index (χ2n) is 4.48. The van der Waals surface area contributed by atoms with Gasteiger partial charge in [0, 0.05) is 6.08 Å². The summed E-state index contributed by atoms with van der Waals surface area (Å²) in [5.74, 6) is 1.27. The highest BCUT2D eigenvalue weighted by molar-refractivity contribution is 5.88. The Morgan fingerprint density at radius 3 is 3.00 bits per heavy atom. The van der Waals surface area contributed by atoms with E-state index in [0.717, 1.165) is 0 Å². The van der Waals surface area contributed by atoms with E-state index in [1.54, 1.807) is 30.3 Å². The van der Waals surface area contributed by atoms with Crippen molar-refractivity contribution in [2.75, 3.05) is 7.11 Å². The Bertz CT molecular complexity index is 947. The first kappa shape index (κ1) is 13.6. The third-order valence-corrected chi connectivity index (χ3v) is 3.12. The molecule has 0 aliphatic rings. The molecule has 6 nitrogen and oxygen atoms in total. The molecule has 2 aromatic heterocycles. The minimum atomic E-state index is -0.334. The molecule has 1 N–H and O–H groups in total. The monoisotopic (exact) mass is 293 g/mol. The molecule has 0 aliphatic carbocycles. The summed E-state index contributed by atoms with van der Waals surface area (Å²) in [6, 6.07) is 10.4. The number of benzene rings is 1. The fourth-order valence-corrected chi connectivity index (χ4v) is 2.04. The van der Waals surface area contributed by atoms with Crippen LogP contribution < -0.4 is 10.3 Å². The number of aromatic nitrogens is 2. The Hall–Kier alpha value is -3.33. The fourth-order valence-electron chi connectivity index (χ4n) is 2.04. The summed E-state index contributed by atoms with van der Waals surface area (Å²) in [5.41, 5.74) is 0.365. The number of furan rings is 1. The molecular weight excluding hydrogens is 282 g/mol. The van der Waals surface area contributed by atoms with Gasteiger partial charge in [-0.2, -0.15) is 5.26 Å². The average Bonchev–Trinajstić information content (AvgIpc) is 3.05. The van der Waals surface area contributed by atoms with Crippen molar-refractivity contribution in [3.05, 3.63) is 58.5 Å². The summed E-state index contributed by atoms with van der Waals surface area (Å²) in [6.45, 7) is 0. The Labute approximate surface area is 125 Å². The first-order valence-electron chi connectivity index (χ1n) is 6.45. The molecule has 108 valence electrons. The van der Waals surface area contributed by atoms with Gasteiger partial charge in [0.15, 0.2) is 5.82 Å². The number of methoxy groups -OCH3 is 1. The summed E-state index contributed by atoms with van der Waals surface area (Å²) in [6.07, 6.45) is 3.03. The van der Waals surface area contributed by atoms with Crippen LogP contribution in [0.1, 0.15) is 11.6 Å². The number of aromatic amines is 1. The molecule has 0 spiro atoms. The Kier molecular flexibility index (Phi) is 3.46. The van der Waals surface area contributed by atoms with Gasteiger partial charge in [-0.15, -0.1) is 0 Å². The molecule has 0 amide bonds. The Morgan fingerprint density at radius 2 is 2.32 bits per heavy atom. The number of rotatable bonds is 3. The van der Waals surface area contributed by atoms with E-state index in [-0.39, 0.29) is 17.0 Å². The molecule has 0 saturated heterocycles. The van der Waals surface area contributed by atoms with Crippen LogP contribution in [0.3, 0.4) is 0 Å². The van der Waals surface area contributed by atoms with E-state index in [4.69, 9.17) is 9.15 Å². The van der Waals surface area contributed by atoms with Crippen molar-refractivity contribution in [3.8, 4) is 11.8 Å². The van der Waals surface area contributed by atoms with Gasteiger partial charge >= 0.3 is 0 Å². The van der Waals surface area contributed by atoms with Crippen LogP contribution in [0.2, 0.25) is 0 Å². The normalized spacial score (nSPS) is 11.4. The van der Waals surface area contributed by atoms with Gasteiger partial charge in [0.2, 0.25) is 0 Å². The third-order valence-electron chi connectivity index (χ3n) is 3.12. The van der Waals surface area contributed by atoms with Crippen molar-refractivity contribution >= 4 is 22.6 Å². The minimum Gasteiger partial charge on any atom is -0.497 e. The van der Waals surface area contributed by atoms with E-state index in [2.05, 4.69) is 9.97 Å². The smallest absolute Gasteiger partial charge is 0.259 e. The molecule has 22 heavy (non-hydrogen) atoms. The maximum absolute atomic E-state index is 12.2. The lowest BCUT2D eigenvalue weighted by Crippen LogP contribution is -2.11. The second kappa shape index (κ2) is 5.58. The standard InChI is InChI=1S/C16H11N3O3/c1-21-11-4-5-14-13(8-11)16(20)19-15(18-14)10(9-17)7-12-3-2-6-22-12/h2-8H,1H3,(H,18,19,20). The molecule has 3 aromatic rings. The molecule has 3 rings (SSSR count). The van der Waals surface area contributed by atoms with E-state index >= 15 is 0 Å². The number of H-pyrrole nitrogens is 1. The van der Waals surface area contributed by atoms with Gasteiger partial charge in [-0.05, 0) is 30.3 Å². The third kappa shape index (κ3) is 2.47. The molecule has 0 radical (unpaired) electrons. The van der Waals surface area contributed by atoms with Crippen molar-refractivity contribution < 1.29 is 9.15 Å². The van der Waals surface area contributed by atoms with Gasteiger partial charge in [0.25, 0.3) is 5.56 Å². The largest absolute Gasteiger partial charge is 0.497 e. The molecule has 0 unspecified atom stereocenters. The summed E-state index contributed by atoms with van der Waals surface area (Å²) in [4.78, 5) is 19.1. The zero-order valence-corrected chi connectivity index (χ0v) is 11.7. The first-order chi connectivity index (χ1) is 10.7. The summed E-state index contributed by atoms with van der Waals surface area (Å²) in [7, 11) is 1.52. The topological polar surface area (TPSA) is 91.9 Å². The lowest BCUT2D eigenvalue weighted by molar-refractivity contribution is 0.415. The number of ether oxygens (including phenoxy) is 1. The highest BCUT2D eigenvalue weighted by Gasteiger charge is 2.09. The number of nitriles is 1. The van der Waals surface area contributed by atoms with Crippen LogP contribution in [-0.4, -0.2) is 17.1 Å². The SMILES string of the molecule is COc1ccc2nc(C(C#N)=Cc3ccco3)[nH]c(=O)c2c1. The maximum Gasteiger partial charge on any atom is 0.259 e. The Morgan fingerprint density at radius 1 is 1.45 bits per heavy atom. The summed E-state index contributed by atoms with van der Waals surface area (Å²) < 4.78 is 10.3. The predicted octanol–water partition coefficient (Wildman–Crippen LogP) is 2.59. The van der Waals surface area contributed by atoms with Crippen molar-refractivity contribution in [1.29, 1.82) is 5.26 Å². The molecule has 1 aromatic carbocycles. The maximum atomic E-state index is 12.2. The van der Waals surface area contributed by atoms with Gasteiger partial charge in [-0.3, -0.25) is 4.79 Å². The highest BCUT2D eigenvalue weighted by Crippen LogP contribution is 2.19. The molecule has 0 bridgehead atoms. The number of allylic oxidation sites excluding steroid dienone is 1. The zero-order chi connectivity index (χ0) is 15.5. The number of nitrogens with one attached hydrogen (secondary N) is 1. The van der Waals surface area contributed by atoms with Gasteiger partial charge in [-0.25, -0.2) is 4.98 Å². The summed E-state index contributed by atoms with van der Waals surface area (Å²) >= 11 is 0. The zero-order valence-electron chi connectivity index (χ0n) is 11.7. The van der Waals surface area contributed by atoms with E-state index in [1.807, 2.05) is 6.07 Å². The number of hydrogen-bond donors (Lipinski definition) is 1. The molecule has 2 heterocycles. The van der Waals surface area contributed by atoms with Gasteiger partial charge in [0.05, 0.1) is 29.8 Å². The second-order valence-corrected chi connectivity index (χ2v) is 4.48.